The molecule has 0 bridgehead atoms. The minimum atomic E-state index is -0.482. The normalized spacial score (nSPS) is 11.2. The molecule has 0 spiro atoms. The predicted molar refractivity (Wildman–Crippen MR) is 112 cm³/mol. The van der Waals surface area contributed by atoms with E-state index in [4.69, 9.17) is 4.99 Å². The molecule has 146 valence electrons. The minimum Gasteiger partial charge on any atom is -0.453 e. The highest BCUT2D eigenvalue weighted by Crippen LogP contribution is 2.15. The molecule has 0 fully saturated rings. The van der Waals surface area contributed by atoms with Gasteiger partial charge in [-0.25, -0.2) is 9.79 Å². The molecule has 2 aromatic rings. The smallest absolute Gasteiger partial charge is 0.411 e. The number of nitrogens with one attached hydrogen (secondary N) is 2. The second kappa shape index (κ2) is 10.0. The molecule has 0 aliphatic heterocycles. The Kier molecular flexibility index (Phi) is 7.72. The lowest BCUT2D eigenvalue weighted by Gasteiger charge is -2.22. The molecule has 1 aromatic heterocycles. The first-order chi connectivity index (χ1) is 12.9. The highest BCUT2D eigenvalue weighted by molar-refractivity contribution is 9.10. The van der Waals surface area contributed by atoms with Crippen molar-refractivity contribution in [1.82, 2.24) is 14.8 Å². The molecule has 0 saturated heterocycles. The lowest BCUT2D eigenvalue weighted by atomic mass is 10.2. The van der Waals surface area contributed by atoms with Gasteiger partial charge in [-0.3, -0.25) is 5.32 Å². The number of carbonyl (C=O) groups excluding carboxylic acids is 1. The van der Waals surface area contributed by atoms with Gasteiger partial charge in [0.2, 0.25) is 0 Å². The number of amides is 1. The minimum absolute atomic E-state index is 0.482. The van der Waals surface area contributed by atoms with Gasteiger partial charge in [0, 0.05) is 42.7 Å². The third kappa shape index (κ3) is 6.32. The van der Waals surface area contributed by atoms with Crippen LogP contribution in [0.2, 0.25) is 0 Å². The maximum Gasteiger partial charge on any atom is 0.411 e. The lowest BCUT2D eigenvalue weighted by Crippen LogP contribution is -2.38. The van der Waals surface area contributed by atoms with Crippen LogP contribution in [0.4, 0.5) is 10.5 Å². The summed E-state index contributed by atoms with van der Waals surface area (Å²) in [6, 6.07) is 9.65. The average molecular weight is 436 g/mol. The number of rotatable bonds is 6. The molecule has 8 heteroatoms. The second-order valence-corrected chi connectivity index (χ2v) is 7.02. The predicted octanol–water partition coefficient (Wildman–Crippen LogP) is 3.56. The fourth-order valence-electron chi connectivity index (χ4n) is 2.54. The van der Waals surface area contributed by atoms with Crippen LogP contribution in [0, 0.1) is 0 Å². The van der Waals surface area contributed by atoms with Crippen LogP contribution in [0.15, 0.2) is 46.0 Å². The van der Waals surface area contributed by atoms with Crippen molar-refractivity contribution in [2.75, 3.05) is 26.0 Å². The van der Waals surface area contributed by atoms with E-state index in [0.717, 1.165) is 29.1 Å². The summed E-state index contributed by atoms with van der Waals surface area (Å²) in [5.74, 6) is 0.839. The first-order valence-corrected chi connectivity index (χ1v) is 9.46. The van der Waals surface area contributed by atoms with Gasteiger partial charge in [-0.05, 0) is 46.6 Å². The van der Waals surface area contributed by atoms with Crippen molar-refractivity contribution in [3.8, 4) is 0 Å². The van der Waals surface area contributed by atoms with Crippen molar-refractivity contribution in [1.29, 1.82) is 0 Å². The van der Waals surface area contributed by atoms with Crippen molar-refractivity contribution in [2.45, 2.75) is 20.0 Å². The third-order valence-electron chi connectivity index (χ3n) is 3.97. The van der Waals surface area contributed by atoms with Crippen LogP contribution in [0.3, 0.4) is 0 Å². The number of anilines is 1. The van der Waals surface area contributed by atoms with E-state index in [1.807, 2.05) is 44.6 Å². The third-order valence-corrected chi connectivity index (χ3v) is 4.40. The Morgan fingerprint density at radius 2 is 2.04 bits per heavy atom. The Balaban J connectivity index is 2.03. The first-order valence-electron chi connectivity index (χ1n) is 8.67. The fraction of sp³-hybridized carbons (Fsp3) is 0.368. The molecule has 1 amide bonds. The van der Waals surface area contributed by atoms with E-state index >= 15 is 0 Å². The molecule has 0 atom stereocenters. The van der Waals surface area contributed by atoms with E-state index < -0.39 is 6.09 Å². The Morgan fingerprint density at radius 1 is 1.33 bits per heavy atom. The zero-order valence-electron chi connectivity index (χ0n) is 16.1. The van der Waals surface area contributed by atoms with Crippen LogP contribution in [-0.2, 0) is 24.9 Å². The maximum absolute atomic E-state index is 11.2. The summed E-state index contributed by atoms with van der Waals surface area (Å²) in [5.41, 5.74) is 2.93. The van der Waals surface area contributed by atoms with Gasteiger partial charge >= 0.3 is 6.09 Å². The number of aliphatic imine (C=N–C) groups is 1. The van der Waals surface area contributed by atoms with Gasteiger partial charge in [-0.15, -0.1) is 0 Å². The quantitative estimate of drug-likeness (QED) is 0.537. The molecule has 0 saturated carbocycles. The summed E-state index contributed by atoms with van der Waals surface area (Å²) < 4.78 is 7.75. The molecule has 0 radical (unpaired) electrons. The molecule has 27 heavy (non-hydrogen) atoms. The van der Waals surface area contributed by atoms with Crippen LogP contribution in [0.5, 0.6) is 0 Å². The summed E-state index contributed by atoms with van der Waals surface area (Å²) >= 11 is 3.51. The molecule has 1 heterocycles. The van der Waals surface area contributed by atoms with Gasteiger partial charge in [0.1, 0.15) is 0 Å². The van der Waals surface area contributed by atoms with Crippen molar-refractivity contribution in [3.63, 3.8) is 0 Å². The van der Waals surface area contributed by atoms with Gasteiger partial charge in [-0.1, -0.05) is 12.1 Å². The lowest BCUT2D eigenvalue weighted by molar-refractivity contribution is 0.187. The van der Waals surface area contributed by atoms with Gasteiger partial charge in [-0.2, -0.15) is 0 Å². The van der Waals surface area contributed by atoms with Crippen molar-refractivity contribution in [3.05, 3.63) is 52.3 Å². The van der Waals surface area contributed by atoms with E-state index in [0.29, 0.717) is 12.2 Å². The number of carbonyl (C=O) groups is 1. The second-order valence-electron chi connectivity index (χ2n) is 6.10. The van der Waals surface area contributed by atoms with Gasteiger partial charge in [0.15, 0.2) is 5.96 Å². The molecular weight excluding hydrogens is 410 g/mol. The standard InChI is InChI=1S/C19H26BrN5O2/c1-5-21-18(25(3)13-17-10-15(20)12-24(17)2)22-11-14-6-8-16(9-7-14)23-19(26)27-4/h6-10,12H,5,11,13H2,1-4H3,(H,21,22)(H,23,26). The van der Waals surface area contributed by atoms with Crippen LogP contribution in [0.1, 0.15) is 18.2 Å². The number of hydrogen-bond donors (Lipinski definition) is 2. The largest absolute Gasteiger partial charge is 0.453 e. The van der Waals surface area contributed by atoms with E-state index in [-0.39, 0.29) is 0 Å². The summed E-state index contributed by atoms with van der Waals surface area (Å²) in [5, 5.41) is 5.96. The summed E-state index contributed by atoms with van der Waals surface area (Å²) in [6.45, 7) is 4.13. The van der Waals surface area contributed by atoms with Crippen LogP contribution in [0.25, 0.3) is 0 Å². The van der Waals surface area contributed by atoms with Crippen molar-refractivity contribution in [2.24, 2.45) is 12.0 Å². The number of aromatic nitrogens is 1. The number of halogens is 1. The molecular formula is C19H26BrN5O2. The van der Waals surface area contributed by atoms with E-state index in [1.165, 1.54) is 12.8 Å². The number of aryl methyl sites for hydroxylation is 1. The van der Waals surface area contributed by atoms with Crippen molar-refractivity contribution < 1.29 is 9.53 Å². The topological polar surface area (TPSA) is 70.9 Å². The molecule has 2 N–H and O–H groups in total. The molecule has 2 rings (SSSR count). The van der Waals surface area contributed by atoms with E-state index in [2.05, 4.69) is 53.8 Å². The van der Waals surface area contributed by atoms with Crippen molar-refractivity contribution >= 4 is 33.7 Å². The number of hydrogen-bond acceptors (Lipinski definition) is 3. The van der Waals surface area contributed by atoms with Crippen LogP contribution in [-0.4, -0.2) is 42.2 Å². The zero-order valence-corrected chi connectivity index (χ0v) is 17.7. The van der Waals surface area contributed by atoms with Crippen LogP contribution < -0.4 is 10.6 Å². The summed E-state index contributed by atoms with van der Waals surface area (Å²) in [4.78, 5) is 18.0. The molecule has 0 aliphatic carbocycles. The maximum atomic E-state index is 11.2. The Hall–Kier alpha value is -2.48. The SMILES string of the molecule is CCNC(=NCc1ccc(NC(=O)OC)cc1)N(C)Cc1cc(Br)cn1C. The van der Waals surface area contributed by atoms with E-state index in [1.54, 1.807) is 0 Å². The Morgan fingerprint density at radius 3 is 2.59 bits per heavy atom. The summed E-state index contributed by atoms with van der Waals surface area (Å²) in [6.07, 6.45) is 1.56. The molecule has 0 unspecified atom stereocenters. The van der Waals surface area contributed by atoms with Gasteiger partial charge in [0.25, 0.3) is 0 Å². The first kappa shape index (κ1) is 20.8. The average Bonchev–Trinajstić information content (AvgIpc) is 2.96. The number of guanidine groups is 1. The zero-order chi connectivity index (χ0) is 19.8. The number of nitrogens with zero attached hydrogens (tertiary/aromatic N) is 3. The number of methoxy groups -OCH3 is 1. The molecule has 0 aliphatic rings. The number of ether oxygens (including phenoxy) is 1. The Bertz CT molecular complexity index is 786. The summed E-state index contributed by atoms with van der Waals surface area (Å²) in [7, 11) is 5.39. The number of benzene rings is 1. The highest BCUT2D eigenvalue weighted by atomic mass is 79.9. The molecule has 7 nitrogen and oxygen atoms in total. The molecule has 1 aromatic carbocycles. The van der Waals surface area contributed by atoms with E-state index in [9.17, 15) is 4.79 Å². The van der Waals surface area contributed by atoms with Gasteiger partial charge in [0.05, 0.1) is 20.2 Å². The Labute approximate surface area is 168 Å². The van der Waals surface area contributed by atoms with Crippen LogP contribution >= 0.6 is 15.9 Å². The monoisotopic (exact) mass is 435 g/mol. The fourth-order valence-corrected chi connectivity index (χ4v) is 3.11. The highest BCUT2D eigenvalue weighted by Gasteiger charge is 2.09. The van der Waals surface area contributed by atoms with Gasteiger partial charge < -0.3 is 19.5 Å².